The predicted molar refractivity (Wildman–Crippen MR) is 78.3 cm³/mol. The van der Waals surface area contributed by atoms with E-state index in [9.17, 15) is 0 Å². The van der Waals surface area contributed by atoms with Crippen LogP contribution in [0.15, 0.2) is 24.4 Å². The Kier molecular flexibility index (Phi) is 4.38. The molecule has 1 heterocycles. The Labute approximate surface area is 117 Å². The number of aryl methyl sites for hydroxylation is 2. The van der Waals surface area contributed by atoms with Crippen LogP contribution in [0.4, 0.5) is 0 Å². The first-order valence-electron chi connectivity index (χ1n) is 5.97. The van der Waals surface area contributed by atoms with Crippen molar-refractivity contribution in [3.8, 4) is 0 Å². The number of aromatic nitrogens is 1. The molecule has 0 bridgehead atoms. The average molecular weight is 281 g/mol. The monoisotopic (exact) mass is 280 g/mol. The van der Waals surface area contributed by atoms with Gasteiger partial charge in [-0.25, -0.2) is 4.98 Å². The van der Waals surface area contributed by atoms with Crippen LogP contribution in [0.25, 0.3) is 0 Å². The molecular formula is C14H17ClN2S. The molecule has 0 fully saturated rings. The van der Waals surface area contributed by atoms with Crippen LogP contribution in [-0.4, -0.2) is 4.98 Å². The summed E-state index contributed by atoms with van der Waals surface area (Å²) in [6.07, 6.45) is 1.70. The highest BCUT2D eigenvalue weighted by Crippen LogP contribution is 2.21. The minimum atomic E-state index is 0.313. The van der Waals surface area contributed by atoms with Crippen molar-refractivity contribution < 1.29 is 0 Å². The lowest BCUT2D eigenvalue weighted by Crippen LogP contribution is -2.18. The second-order valence-electron chi connectivity index (χ2n) is 4.52. The third-order valence-corrected chi connectivity index (χ3v) is 4.09. The van der Waals surface area contributed by atoms with E-state index in [2.05, 4.69) is 49.3 Å². The van der Waals surface area contributed by atoms with Gasteiger partial charge in [0.25, 0.3) is 0 Å². The number of halogens is 1. The van der Waals surface area contributed by atoms with Gasteiger partial charge < -0.3 is 5.32 Å². The zero-order chi connectivity index (χ0) is 13.1. The summed E-state index contributed by atoms with van der Waals surface area (Å²) in [5.41, 5.74) is 3.96. The first-order valence-corrected chi connectivity index (χ1v) is 7.16. The third-order valence-electron chi connectivity index (χ3n) is 2.98. The molecule has 96 valence electrons. The van der Waals surface area contributed by atoms with E-state index >= 15 is 0 Å². The van der Waals surface area contributed by atoms with Crippen LogP contribution < -0.4 is 5.32 Å². The normalized spacial score (nSPS) is 12.7. The Balaban J connectivity index is 2.01. The smallest absolute Gasteiger partial charge is 0.113 e. The van der Waals surface area contributed by atoms with Gasteiger partial charge in [0.1, 0.15) is 9.34 Å². The fraction of sp³-hybridized carbons (Fsp3) is 0.357. The minimum Gasteiger partial charge on any atom is -0.304 e. The molecule has 1 N–H and O–H groups in total. The quantitative estimate of drug-likeness (QED) is 0.905. The number of nitrogens with zero attached hydrogens (tertiary/aromatic N) is 1. The number of nitrogens with one attached hydrogen (secondary N) is 1. The van der Waals surface area contributed by atoms with E-state index < -0.39 is 0 Å². The Hall–Kier alpha value is -0.900. The summed E-state index contributed by atoms with van der Waals surface area (Å²) < 4.78 is 0.742. The van der Waals surface area contributed by atoms with Gasteiger partial charge in [0.15, 0.2) is 0 Å². The molecule has 0 saturated heterocycles. The topological polar surface area (TPSA) is 24.9 Å². The van der Waals surface area contributed by atoms with E-state index in [0.29, 0.717) is 6.04 Å². The molecule has 0 spiro atoms. The Morgan fingerprint density at radius 2 is 2.17 bits per heavy atom. The van der Waals surface area contributed by atoms with E-state index in [4.69, 9.17) is 11.6 Å². The van der Waals surface area contributed by atoms with Crippen molar-refractivity contribution >= 4 is 22.9 Å². The number of hydrogen-bond donors (Lipinski definition) is 1. The Morgan fingerprint density at radius 3 is 2.78 bits per heavy atom. The lowest BCUT2D eigenvalue weighted by atomic mass is 10.0. The maximum absolute atomic E-state index is 5.86. The molecule has 1 atom stereocenters. The molecule has 0 saturated carbocycles. The van der Waals surface area contributed by atoms with Gasteiger partial charge in [0, 0.05) is 12.6 Å². The summed E-state index contributed by atoms with van der Waals surface area (Å²) in [5.74, 6) is 0. The van der Waals surface area contributed by atoms with E-state index in [1.807, 2.05) is 0 Å². The fourth-order valence-corrected chi connectivity index (χ4v) is 2.94. The molecule has 2 aromatic rings. The lowest BCUT2D eigenvalue weighted by molar-refractivity contribution is 0.570. The van der Waals surface area contributed by atoms with Crippen molar-refractivity contribution in [2.45, 2.75) is 33.4 Å². The summed E-state index contributed by atoms with van der Waals surface area (Å²) >= 11 is 7.39. The van der Waals surface area contributed by atoms with Crippen molar-refractivity contribution in [3.63, 3.8) is 0 Å². The molecule has 1 aromatic carbocycles. The predicted octanol–water partition coefficient (Wildman–Crippen LogP) is 4.26. The standard InChI is InChI=1S/C14H17ClN2S/c1-9-4-5-12(10(2)6-9)11(3)16-8-14-17-7-13(15)18-14/h4-7,11,16H,8H2,1-3H3. The summed E-state index contributed by atoms with van der Waals surface area (Å²) in [7, 11) is 0. The average Bonchev–Trinajstić information content (AvgIpc) is 2.72. The highest BCUT2D eigenvalue weighted by molar-refractivity contribution is 7.15. The molecule has 2 nitrogen and oxygen atoms in total. The van der Waals surface area contributed by atoms with Gasteiger partial charge in [-0.15, -0.1) is 11.3 Å². The van der Waals surface area contributed by atoms with Crippen molar-refractivity contribution in [1.29, 1.82) is 0 Å². The number of rotatable bonds is 4. The summed E-state index contributed by atoms with van der Waals surface area (Å²) in [6.45, 7) is 7.20. The van der Waals surface area contributed by atoms with E-state index in [1.54, 1.807) is 6.20 Å². The lowest BCUT2D eigenvalue weighted by Gasteiger charge is -2.16. The molecule has 1 unspecified atom stereocenters. The van der Waals surface area contributed by atoms with Crippen molar-refractivity contribution in [2.24, 2.45) is 0 Å². The van der Waals surface area contributed by atoms with E-state index in [1.165, 1.54) is 28.0 Å². The molecule has 2 rings (SSSR count). The maximum atomic E-state index is 5.86. The highest BCUT2D eigenvalue weighted by Gasteiger charge is 2.09. The molecule has 18 heavy (non-hydrogen) atoms. The number of hydrogen-bond acceptors (Lipinski definition) is 3. The van der Waals surface area contributed by atoms with E-state index in [0.717, 1.165) is 15.9 Å². The van der Waals surface area contributed by atoms with Crippen molar-refractivity contribution in [2.75, 3.05) is 0 Å². The molecule has 0 aliphatic heterocycles. The molecule has 0 amide bonds. The van der Waals surface area contributed by atoms with Crippen LogP contribution in [0.2, 0.25) is 4.34 Å². The van der Waals surface area contributed by atoms with Crippen LogP contribution in [0.3, 0.4) is 0 Å². The number of thiazole rings is 1. The van der Waals surface area contributed by atoms with Gasteiger partial charge in [0.05, 0.1) is 6.20 Å². The van der Waals surface area contributed by atoms with Crippen LogP contribution in [0, 0.1) is 13.8 Å². The minimum absolute atomic E-state index is 0.313. The zero-order valence-electron chi connectivity index (χ0n) is 10.8. The van der Waals surface area contributed by atoms with Crippen LogP contribution in [0.1, 0.15) is 34.7 Å². The molecule has 1 aromatic heterocycles. The molecular weight excluding hydrogens is 264 g/mol. The number of benzene rings is 1. The van der Waals surface area contributed by atoms with Crippen molar-refractivity contribution in [3.05, 3.63) is 50.4 Å². The Bertz CT molecular complexity index is 536. The highest BCUT2D eigenvalue weighted by atomic mass is 35.5. The first-order chi connectivity index (χ1) is 8.56. The van der Waals surface area contributed by atoms with Gasteiger partial charge in [0.2, 0.25) is 0 Å². The largest absolute Gasteiger partial charge is 0.304 e. The molecule has 4 heteroatoms. The molecule has 0 radical (unpaired) electrons. The van der Waals surface area contributed by atoms with Gasteiger partial charge in [-0.05, 0) is 31.9 Å². The Morgan fingerprint density at radius 1 is 1.39 bits per heavy atom. The third kappa shape index (κ3) is 3.31. The van der Waals surface area contributed by atoms with Crippen LogP contribution in [-0.2, 0) is 6.54 Å². The van der Waals surface area contributed by atoms with Gasteiger partial charge in [-0.2, -0.15) is 0 Å². The summed E-state index contributed by atoms with van der Waals surface area (Å²) in [6, 6.07) is 6.87. The second kappa shape index (κ2) is 5.83. The molecule has 0 aliphatic carbocycles. The van der Waals surface area contributed by atoms with E-state index in [-0.39, 0.29) is 0 Å². The van der Waals surface area contributed by atoms with Crippen LogP contribution in [0.5, 0.6) is 0 Å². The maximum Gasteiger partial charge on any atom is 0.113 e. The molecule has 0 aliphatic rings. The van der Waals surface area contributed by atoms with Crippen LogP contribution >= 0.6 is 22.9 Å². The van der Waals surface area contributed by atoms with Crippen molar-refractivity contribution in [1.82, 2.24) is 10.3 Å². The first kappa shape index (κ1) is 13.5. The second-order valence-corrected chi connectivity index (χ2v) is 6.27. The van der Waals surface area contributed by atoms with Gasteiger partial charge in [-0.3, -0.25) is 0 Å². The zero-order valence-corrected chi connectivity index (χ0v) is 12.4. The fourth-order valence-electron chi connectivity index (χ4n) is 2.03. The van der Waals surface area contributed by atoms with Gasteiger partial charge >= 0.3 is 0 Å². The van der Waals surface area contributed by atoms with Gasteiger partial charge in [-0.1, -0.05) is 35.4 Å². The summed E-state index contributed by atoms with van der Waals surface area (Å²) in [5, 5.41) is 4.50. The summed E-state index contributed by atoms with van der Waals surface area (Å²) in [4.78, 5) is 4.24. The SMILES string of the molecule is Cc1ccc(C(C)NCc2ncc(Cl)s2)c(C)c1.